The first-order valence-corrected chi connectivity index (χ1v) is 15.4. The first-order chi connectivity index (χ1) is 19.9. The van der Waals surface area contributed by atoms with E-state index in [1.165, 1.54) is 0 Å². The van der Waals surface area contributed by atoms with Crippen LogP contribution in [0.1, 0.15) is 78.9 Å². The van der Waals surface area contributed by atoms with Crippen LogP contribution in [0.25, 0.3) is 0 Å². The number of rotatable bonds is 17. The Kier molecular flexibility index (Phi) is 14.4. The number of amides is 2. The van der Waals surface area contributed by atoms with Gasteiger partial charge >= 0.3 is 0 Å². The normalized spacial score (nSPS) is 20.4. The summed E-state index contributed by atoms with van der Waals surface area (Å²) < 4.78 is 11.7. The number of hydrogen-bond acceptors (Lipinski definition) is 6. The lowest BCUT2D eigenvalue weighted by Gasteiger charge is -2.37. The van der Waals surface area contributed by atoms with E-state index in [4.69, 9.17) is 9.47 Å². The summed E-state index contributed by atoms with van der Waals surface area (Å²) in [6.07, 6.45) is 0.888. The highest BCUT2D eigenvalue weighted by Crippen LogP contribution is 2.28. The van der Waals surface area contributed by atoms with Gasteiger partial charge in [0.05, 0.1) is 41.7 Å². The van der Waals surface area contributed by atoms with Gasteiger partial charge in [-0.05, 0) is 37.2 Å². The van der Waals surface area contributed by atoms with Gasteiger partial charge in [-0.1, -0.05) is 71.4 Å². The fraction of sp³-hybridized carbons (Fsp3) is 0.750. The minimum atomic E-state index is -0.849. The largest absolute Gasteiger partial charge is 0.386 e. The number of likely N-dealkylation sites (N-methyl/N-ethyl adjacent to an activating group) is 1. The van der Waals surface area contributed by atoms with E-state index < -0.39 is 30.3 Å². The lowest BCUT2D eigenvalue weighted by molar-refractivity contribution is -0.718. The maximum absolute atomic E-state index is 13.7. The zero-order valence-corrected chi connectivity index (χ0v) is 27.2. The van der Waals surface area contributed by atoms with E-state index in [1.807, 2.05) is 44.2 Å². The molecule has 42 heavy (non-hydrogen) atoms. The Hall–Kier alpha value is -2.56. The first kappa shape index (κ1) is 35.6. The summed E-state index contributed by atoms with van der Waals surface area (Å²) in [7, 11) is 4.96. The highest BCUT2D eigenvalue weighted by atomic mass is 16.5. The summed E-state index contributed by atoms with van der Waals surface area (Å²) in [5.74, 6) is -0.410. The minimum absolute atomic E-state index is 0.0414. The van der Waals surface area contributed by atoms with E-state index in [2.05, 4.69) is 19.2 Å². The van der Waals surface area contributed by atoms with Crippen LogP contribution in [0.2, 0.25) is 0 Å². The van der Waals surface area contributed by atoms with Gasteiger partial charge in [0, 0.05) is 27.7 Å². The maximum atomic E-state index is 13.7. The van der Waals surface area contributed by atoms with Gasteiger partial charge < -0.3 is 24.8 Å². The van der Waals surface area contributed by atoms with E-state index in [1.54, 1.807) is 45.0 Å². The molecule has 0 aromatic heterocycles. The predicted molar refractivity (Wildman–Crippen MR) is 163 cm³/mol. The Bertz CT molecular complexity index is 992. The third-order valence-corrected chi connectivity index (χ3v) is 8.77. The van der Waals surface area contributed by atoms with Crippen molar-refractivity contribution in [3.63, 3.8) is 0 Å². The summed E-state index contributed by atoms with van der Waals surface area (Å²) in [5, 5.41) is 15.4. The van der Waals surface area contributed by atoms with Gasteiger partial charge in [0.1, 0.15) is 17.0 Å². The van der Waals surface area contributed by atoms with Crippen LogP contribution in [0, 0.1) is 22.7 Å². The lowest BCUT2D eigenvalue weighted by atomic mass is 9.92. The number of nitrogens with zero attached hydrogens (tertiary/aromatic N) is 3. The van der Waals surface area contributed by atoms with E-state index >= 15 is 0 Å². The molecule has 2 amide bonds. The molecule has 1 saturated heterocycles. The number of ether oxygens (including phenoxy) is 2. The molecule has 10 heteroatoms. The third kappa shape index (κ3) is 9.22. The summed E-state index contributed by atoms with van der Waals surface area (Å²) >= 11 is 0. The molecule has 0 spiro atoms. The predicted octanol–water partition coefficient (Wildman–Crippen LogP) is 3.97. The van der Waals surface area contributed by atoms with Crippen molar-refractivity contribution >= 4 is 11.8 Å². The highest BCUT2D eigenvalue weighted by Gasteiger charge is 2.46. The van der Waals surface area contributed by atoms with Gasteiger partial charge in [0.2, 0.25) is 11.8 Å². The Morgan fingerprint density at radius 1 is 1.12 bits per heavy atom. The number of aliphatic hydroxyl groups is 1. The van der Waals surface area contributed by atoms with Gasteiger partial charge in [0.25, 0.3) is 6.54 Å². The number of benzene rings is 1. The van der Waals surface area contributed by atoms with Crippen molar-refractivity contribution in [1.29, 1.82) is 0 Å². The van der Waals surface area contributed by atoms with E-state index in [0.717, 1.165) is 23.3 Å². The van der Waals surface area contributed by atoms with Crippen molar-refractivity contribution in [2.45, 2.75) is 104 Å². The fourth-order valence-electron chi connectivity index (χ4n) is 6.08. The van der Waals surface area contributed by atoms with Gasteiger partial charge in [-0.3, -0.25) is 9.59 Å². The fourth-order valence-corrected chi connectivity index (χ4v) is 6.08. The van der Waals surface area contributed by atoms with Gasteiger partial charge in [-0.25, -0.2) is 0 Å². The van der Waals surface area contributed by atoms with Crippen LogP contribution in [-0.2, 0) is 19.1 Å². The molecule has 1 fully saturated rings. The molecule has 1 aliphatic heterocycles. The molecule has 238 valence electrons. The summed E-state index contributed by atoms with van der Waals surface area (Å²) in [4.78, 5) is 42.7. The maximum Gasteiger partial charge on any atom is 0.253 e. The molecule has 2 N–H and O–H groups in total. The number of nitroso groups, excluding NO2 is 1. The second-order valence-electron chi connectivity index (χ2n) is 12.3. The summed E-state index contributed by atoms with van der Waals surface area (Å²) in [6.45, 7) is 12.4. The third-order valence-electron chi connectivity index (χ3n) is 8.77. The number of carbonyl (C=O) groups is 2. The Balaban J connectivity index is 2.15. The van der Waals surface area contributed by atoms with Crippen molar-refractivity contribution in [1.82, 2.24) is 15.2 Å². The minimum Gasteiger partial charge on any atom is -0.386 e. The van der Waals surface area contributed by atoms with Crippen molar-refractivity contribution < 1.29 is 29.0 Å². The topological polar surface area (TPSA) is 111 Å². The summed E-state index contributed by atoms with van der Waals surface area (Å²) in [5.41, 5.74) is 0.727. The molecular weight excluding hydrogens is 536 g/mol. The number of aliphatic hydroxyl groups excluding tert-OH is 1. The Morgan fingerprint density at radius 2 is 1.76 bits per heavy atom. The van der Waals surface area contributed by atoms with Crippen molar-refractivity contribution in [3.05, 3.63) is 40.8 Å². The van der Waals surface area contributed by atoms with Crippen molar-refractivity contribution in [2.24, 2.45) is 17.8 Å². The molecule has 2 rings (SSSR count). The smallest absolute Gasteiger partial charge is 0.253 e. The van der Waals surface area contributed by atoms with Crippen LogP contribution in [0.4, 0.5) is 0 Å². The average molecular weight is 592 g/mol. The van der Waals surface area contributed by atoms with Crippen LogP contribution in [0.5, 0.6) is 0 Å². The Morgan fingerprint density at radius 3 is 2.31 bits per heavy atom. The lowest BCUT2D eigenvalue weighted by Crippen LogP contribution is -2.55. The molecule has 0 radical (unpaired) electrons. The van der Waals surface area contributed by atoms with Crippen LogP contribution in [-0.4, -0.2) is 96.4 Å². The highest BCUT2D eigenvalue weighted by molar-refractivity contribution is 5.79. The van der Waals surface area contributed by atoms with Gasteiger partial charge in [0.15, 0.2) is 0 Å². The van der Waals surface area contributed by atoms with Crippen molar-refractivity contribution in [3.8, 4) is 0 Å². The summed E-state index contributed by atoms with van der Waals surface area (Å²) in [6, 6.07) is 8.15. The molecule has 8 unspecified atom stereocenters. The van der Waals surface area contributed by atoms with Crippen LogP contribution >= 0.6 is 0 Å². The van der Waals surface area contributed by atoms with Crippen molar-refractivity contribution in [2.75, 3.05) is 34.4 Å². The molecule has 1 aromatic rings. The molecule has 1 heterocycles. The molecule has 1 aliphatic rings. The van der Waals surface area contributed by atoms with Crippen LogP contribution in [0.3, 0.4) is 0 Å². The Labute approximate surface area is 252 Å². The van der Waals surface area contributed by atoms with Gasteiger partial charge in [-0.15, -0.1) is 5.01 Å². The first-order valence-electron chi connectivity index (χ1n) is 15.4. The molecule has 10 nitrogen and oxygen atoms in total. The van der Waals surface area contributed by atoms with Crippen LogP contribution < -0.4 is 5.32 Å². The number of nitrogens with one attached hydrogen (secondary N) is 1. The second kappa shape index (κ2) is 16.9. The molecule has 0 bridgehead atoms. The molecule has 0 aliphatic carbocycles. The quantitative estimate of drug-likeness (QED) is 0.264. The van der Waals surface area contributed by atoms with E-state index in [0.29, 0.717) is 19.4 Å². The second-order valence-corrected chi connectivity index (χ2v) is 12.3. The number of hydrazine groups is 1. The number of hydrogen-bond donors (Lipinski definition) is 2. The standard InChI is InChI=1S/C32H54N4O6/c1-10-22(4)29(34(7)28(37)19-21(2)3)27(41-8)20-36(40)35-18-14-17-26(35)31(42-9)23(5)32(39)33-24(6)30(38)25-15-12-11-13-16-25/h11-13,15-16,21-24,26-27,29-31,38H,10,14,17-20H2,1-9H3/p+1. The SMILES string of the molecule is CCC(C)C(C(C[N+](=O)N1CCCC1C(OC)C(C)C(=O)NC(C)C(O)c1ccccc1)OC)N(C)C(=O)CC(C)C. The zero-order valence-electron chi connectivity index (χ0n) is 27.2. The molecular formula is C32H55N4O6+. The molecule has 1 aromatic carbocycles. The number of carbonyl (C=O) groups excluding carboxylic acids is 2. The molecule has 8 atom stereocenters. The monoisotopic (exact) mass is 591 g/mol. The van der Waals surface area contributed by atoms with E-state index in [9.17, 15) is 19.6 Å². The average Bonchev–Trinajstić information content (AvgIpc) is 3.46. The number of methoxy groups -OCH3 is 2. The zero-order chi connectivity index (χ0) is 31.6. The van der Waals surface area contributed by atoms with E-state index in [-0.39, 0.29) is 42.3 Å². The van der Waals surface area contributed by atoms with Gasteiger partial charge in [-0.2, -0.15) is 0 Å². The van der Waals surface area contributed by atoms with Crippen LogP contribution in [0.15, 0.2) is 30.3 Å². The molecule has 0 saturated carbocycles.